The molecular weight excluding hydrogens is 256 g/mol. The maximum atomic E-state index is 11.8. The molecule has 0 unspecified atom stereocenters. The van der Waals surface area contributed by atoms with E-state index in [1.807, 2.05) is 36.4 Å². The summed E-state index contributed by atoms with van der Waals surface area (Å²) in [6.07, 6.45) is -0.169. The average Bonchev–Trinajstić information content (AvgIpc) is 2.97. The Morgan fingerprint density at radius 2 is 1.60 bits per heavy atom. The van der Waals surface area contributed by atoms with E-state index in [4.69, 9.17) is 9.26 Å². The smallest absolute Gasteiger partial charge is 0.372 e. The van der Waals surface area contributed by atoms with Crippen LogP contribution in [0.15, 0.2) is 65.2 Å². The van der Waals surface area contributed by atoms with Gasteiger partial charge in [-0.25, -0.2) is 4.79 Å². The number of esters is 1. The second kappa shape index (κ2) is 5.36. The van der Waals surface area contributed by atoms with E-state index < -0.39 is 5.97 Å². The predicted molar refractivity (Wildman–Crippen MR) is 71.1 cm³/mol. The molecule has 1 heterocycles. The number of nitrogens with zero attached hydrogens (tertiary/aromatic N) is 2. The van der Waals surface area contributed by atoms with E-state index >= 15 is 0 Å². The molecule has 0 spiro atoms. The van der Waals surface area contributed by atoms with Gasteiger partial charge in [-0.2, -0.15) is 4.98 Å². The van der Waals surface area contributed by atoms with Gasteiger partial charge in [0.2, 0.25) is 5.82 Å². The maximum absolute atomic E-state index is 11.8. The highest BCUT2D eigenvalue weighted by atomic mass is 16.7. The monoisotopic (exact) mass is 266 g/mol. The molecule has 2 aromatic carbocycles. The van der Waals surface area contributed by atoms with Crippen molar-refractivity contribution >= 4 is 5.97 Å². The van der Waals surface area contributed by atoms with Crippen molar-refractivity contribution in [2.75, 3.05) is 0 Å². The Morgan fingerprint density at radius 1 is 0.950 bits per heavy atom. The average molecular weight is 266 g/mol. The van der Waals surface area contributed by atoms with Gasteiger partial charge in [0.25, 0.3) is 0 Å². The zero-order valence-corrected chi connectivity index (χ0v) is 10.4. The van der Waals surface area contributed by atoms with Crippen molar-refractivity contribution in [1.29, 1.82) is 0 Å². The quantitative estimate of drug-likeness (QED) is 0.682. The first-order valence-electron chi connectivity index (χ1n) is 5.99. The lowest BCUT2D eigenvalue weighted by Gasteiger charge is -1.97. The minimum atomic E-state index is -0.533. The van der Waals surface area contributed by atoms with Crippen molar-refractivity contribution in [3.63, 3.8) is 0 Å². The fraction of sp³-hybridized carbons (Fsp3) is 0. The predicted octanol–water partition coefficient (Wildman–Crippen LogP) is 2.96. The van der Waals surface area contributed by atoms with E-state index in [0.29, 0.717) is 11.4 Å². The third-order valence-corrected chi connectivity index (χ3v) is 2.63. The van der Waals surface area contributed by atoms with E-state index in [2.05, 4.69) is 10.1 Å². The van der Waals surface area contributed by atoms with Crippen LogP contribution < -0.4 is 4.74 Å². The van der Waals surface area contributed by atoms with Crippen LogP contribution in [-0.2, 0) is 0 Å². The fourth-order valence-electron chi connectivity index (χ4n) is 1.67. The van der Waals surface area contributed by atoms with Gasteiger partial charge < -0.3 is 4.74 Å². The topological polar surface area (TPSA) is 65.2 Å². The first kappa shape index (κ1) is 12.1. The van der Waals surface area contributed by atoms with Crippen LogP contribution in [0, 0.1) is 0 Å². The van der Waals surface area contributed by atoms with Crippen LogP contribution in [0.3, 0.4) is 0 Å². The van der Waals surface area contributed by atoms with Crippen LogP contribution in [0.4, 0.5) is 0 Å². The Labute approximate surface area is 114 Å². The minimum absolute atomic E-state index is 0.169. The molecular formula is C15H10N2O3. The Hall–Kier alpha value is -2.95. The lowest BCUT2D eigenvalue weighted by Crippen LogP contribution is -2.08. The van der Waals surface area contributed by atoms with Crippen molar-refractivity contribution in [2.24, 2.45) is 0 Å². The Kier molecular flexibility index (Phi) is 3.24. The van der Waals surface area contributed by atoms with Crippen molar-refractivity contribution in [3.05, 3.63) is 66.2 Å². The summed E-state index contributed by atoms with van der Waals surface area (Å²) >= 11 is 0. The minimum Gasteiger partial charge on any atom is -0.372 e. The highest BCUT2D eigenvalue weighted by molar-refractivity contribution is 5.90. The molecule has 5 nitrogen and oxygen atoms in total. The van der Waals surface area contributed by atoms with E-state index in [1.165, 1.54) is 0 Å². The van der Waals surface area contributed by atoms with Gasteiger partial charge in [0.15, 0.2) is 0 Å². The molecule has 5 heteroatoms. The number of hydrogen-bond acceptors (Lipinski definition) is 5. The van der Waals surface area contributed by atoms with Crippen LogP contribution in [-0.4, -0.2) is 16.1 Å². The molecule has 1 aromatic heterocycles. The number of rotatable bonds is 3. The summed E-state index contributed by atoms with van der Waals surface area (Å²) in [5, 5.41) is 3.77. The third kappa shape index (κ3) is 2.56. The summed E-state index contributed by atoms with van der Waals surface area (Å²) in [6, 6.07) is 17.9. The molecule has 0 saturated heterocycles. The fourth-order valence-corrected chi connectivity index (χ4v) is 1.67. The standard InChI is InChI=1S/C15H10N2O3/c18-14(12-9-5-2-6-10-12)19-15-16-13(17-20-15)11-7-3-1-4-8-11/h1-10H. The lowest BCUT2D eigenvalue weighted by molar-refractivity contribution is 0.0669. The summed E-state index contributed by atoms with van der Waals surface area (Å²) in [6.45, 7) is 0. The van der Waals surface area contributed by atoms with Gasteiger partial charge in [-0.15, -0.1) is 0 Å². The molecule has 0 radical (unpaired) electrons. The van der Waals surface area contributed by atoms with E-state index in [-0.39, 0.29) is 6.08 Å². The summed E-state index contributed by atoms with van der Waals surface area (Å²) in [7, 11) is 0. The third-order valence-electron chi connectivity index (χ3n) is 2.63. The molecule has 0 aliphatic heterocycles. The Morgan fingerprint density at radius 3 is 2.30 bits per heavy atom. The molecule has 20 heavy (non-hydrogen) atoms. The molecule has 98 valence electrons. The SMILES string of the molecule is O=C(Oc1nc(-c2ccccc2)no1)c1ccccc1. The molecule has 0 bridgehead atoms. The summed E-state index contributed by atoms with van der Waals surface area (Å²) in [5.41, 5.74) is 1.21. The number of benzene rings is 2. The summed E-state index contributed by atoms with van der Waals surface area (Å²) in [4.78, 5) is 15.8. The molecule has 0 N–H and O–H groups in total. The Bertz CT molecular complexity index is 708. The molecule has 0 saturated carbocycles. The van der Waals surface area contributed by atoms with Crippen LogP contribution in [0.5, 0.6) is 6.08 Å². The van der Waals surface area contributed by atoms with E-state index in [1.54, 1.807) is 24.3 Å². The Balaban J connectivity index is 1.77. The number of aromatic nitrogens is 2. The molecule has 0 fully saturated rings. The molecule has 0 aliphatic carbocycles. The summed E-state index contributed by atoms with van der Waals surface area (Å²) < 4.78 is 9.93. The second-order valence-corrected chi connectivity index (χ2v) is 4.01. The highest BCUT2D eigenvalue weighted by Crippen LogP contribution is 2.18. The van der Waals surface area contributed by atoms with Crippen molar-refractivity contribution < 1.29 is 14.1 Å². The molecule has 3 rings (SSSR count). The van der Waals surface area contributed by atoms with Crippen LogP contribution in [0.2, 0.25) is 0 Å². The van der Waals surface area contributed by atoms with Crippen LogP contribution in [0.25, 0.3) is 11.4 Å². The number of ether oxygens (including phenoxy) is 1. The van der Waals surface area contributed by atoms with Crippen molar-refractivity contribution in [2.45, 2.75) is 0 Å². The van der Waals surface area contributed by atoms with Crippen molar-refractivity contribution in [1.82, 2.24) is 10.1 Å². The van der Waals surface area contributed by atoms with Gasteiger partial charge >= 0.3 is 12.0 Å². The maximum Gasteiger partial charge on any atom is 0.425 e. The molecule has 0 aliphatic rings. The molecule has 0 amide bonds. The van der Waals surface area contributed by atoms with Gasteiger partial charge in [0.05, 0.1) is 5.56 Å². The zero-order valence-electron chi connectivity index (χ0n) is 10.4. The normalized spacial score (nSPS) is 10.2. The van der Waals surface area contributed by atoms with Gasteiger partial charge in [0.1, 0.15) is 0 Å². The van der Waals surface area contributed by atoms with E-state index in [0.717, 1.165) is 5.56 Å². The van der Waals surface area contributed by atoms with Gasteiger partial charge in [-0.1, -0.05) is 53.7 Å². The number of hydrogen-bond donors (Lipinski definition) is 0. The van der Waals surface area contributed by atoms with Crippen LogP contribution in [0.1, 0.15) is 10.4 Å². The lowest BCUT2D eigenvalue weighted by atomic mass is 10.2. The molecule has 0 atom stereocenters. The van der Waals surface area contributed by atoms with Gasteiger partial charge in [0, 0.05) is 5.56 Å². The second-order valence-electron chi connectivity index (χ2n) is 4.01. The van der Waals surface area contributed by atoms with Crippen LogP contribution >= 0.6 is 0 Å². The van der Waals surface area contributed by atoms with Gasteiger partial charge in [-0.3, -0.25) is 4.52 Å². The number of carbonyl (C=O) groups is 1. The largest absolute Gasteiger partial charge is 0.425 e. The highest BCUT2D eigenvalue weighted by Gasteiger charge is 2.14. The van der Waals surface area contributed by atoms with Crippen molar-refractivity contribution in [3.8, 4) is 17.5 Å². The first-order chi connectivity index (χ1) is 9.83. The zero-order chi connectivity index (χ0) is 13.8. The number of carbonyl (C=O) groups excluding carboxylic acids is 1. The van der Waals surface area contributed by atoms with Gasteiger partial charge in [-0.05, 0) is 12.1 Å². The summed E-state index contributed by atoms with van der Waals surface area (Å²) in [5.74, 6) is -0.157. The first-order valence-corrected chi connectivity index (χ1v) is 5.99. The molecule has 3 aromatic rings. The van der Waals surface area contributed by atoms with E-state index in [9.17, 15) is 4.79 Å².